The van der Waals surface area contributed by atoms with Crippen LogP contribution in [0.4, 0.5) is 46.6 Å². The zero-order chi connectivity index (χ0) is 30.4. The number of amides is 1. The molecule has 1 aliphatic rings. The summed E-state index contributed by atoms with van der Waals surface area (Å²) in [7, 11) is 0. The summed E-state index contributed by atoms with van der Waals surface area (Å²) in [5.41, 5.74) is 4.56. The van der Waals surface area contributed by atoms with Crippen LogP contribution in [0.25, 0.3) is 17.3 Å². The zero-order valence-corrected chi connectivity index (χ0v) is 21.0. The van der Waals surface area contributed by atoms with Crippen LogP contribution in [-0.2, 0) is 23.7 Å². The summed E-state index contributed by atoms with van der Waals surface area (Å²) in [6.07, 6.45) is -5.79. The molecule has 42 heavy (non-hydrogen) atoms. The minimum Gasteiger partial charge on any atom is -0.369 e. The first-order chi connectivity index (χ1) is 19.7. The fourth-order valence-corrected chi connectivity index (χ4v) is 4.40. The topological polar surface area (TPSA) is 102 Å². The highest BCUT2D eigenvalue weighted by molar-refractivity contribution is 5.81. The molecule has 1 atom stereocenters. The number of halogens is 8. The molecule has 220 valence electrons. The molecule has 1 amide bonds. The first-order valence-electron chi connectivity index (χ1n) is 12.0. The van der Waals surface area contributed by atoms with Crippen LogP contribution in [0.3, 0.4) is 0 Å². The van der Waals surface area contributed by atoms with Crippen molar-refractivity contribution in [2.75, 3.05) is 10.4 Å². The number of hydrazine groups is 1. The lowest BCUT2D eigenvalue weighted by Gasteiger charge is -2.25. The Morgan fingerprint density at radius 2 is 1.81 bits per heavy atom. The number of carbonyl (C=O) groups is 1. The third-order valence-electron chi connectivity index (χ3n) is 6.48. The summed E-state index contributed by atoms with van der Waals surface area (Å²) in [5.74, 6) is -4.10. The fourth-order valence-electron chi connectivity index (χ4n) is 4.40. The molecule has 0 bridgehead atoms. The highest BCUT2D eigenvalue weighted by Gasteiger charge is 2.39. The molecule has 2 aromatic heterocycles. The van der Waals surface area contributed by atoms with Gasteiger partial charge in [0.1, 0.15) is 23.1 Å². The summed E-state index contributed by atoms with van der Waals surface area (Å²) in [6, 6.07) is 5.76. The van der Waals surface area contributed by atoms with Gasteiger partial charge in [-0.25, -0.2) is 13.8 Å². The van der Waals surface area contributed by atoms with Gasteiger partial charge in [0.05, 0.1) is 23.1 Å². The Morgan fingerprint density at radius 1 is 1.05 bits per heavy atom. The molecule has 3 heterocycles. The van der Waals surface area contributed by atoms with Gasteiger partial charge >= 0.3 is 12.4 Å². The molecule has 0 spiro atoms. The van der Waals surface area contributed by atoms with Crippen LogP contribution in [0.2, 0.25) is 0 Å². The number of rotatable bonds is 7. The van der Waals surface area contributed by atoms with Crippen molar-refractivity contribution in [2.24, 2.45) is 5.73 Å². The number of aromatic nitrogens is 3. The number of hydrogen-bond acceptors (Lipinski definition) is 6. The van der Waals surface area contributed by atoms with Crippen molar-refractivity contribution in [1.29, 1.82) is 0 Å². The second-order valence-electron chi connectivity index (χ2n) is 9.16. The smallest absolute Gasteiger partial charge is 0.369 e. The van der Waals surface area contributed by atoms with Gasteiger partial charge in [-0.15, -0.1) is 0 Å². The van der Waals surface area contributed by atoms with Crippen LogP contribution in [0.1, 0.15) is 34.9 Å². The van der Waals surface area contributed by atoms with E-state index in [1.165, 1.54) is 29.7 Å². The number of nitrogens with zero attached hydrogens (tertiary/aromatic N) is 4. The summed E-state index contributed by atoms with van der Waals surface area (Å²) < 4.78 is 114. The summed E-state index contributed by atoms with van der Waals surface area (Å²) in [4.78, 5) is 16.4. The van der Waals surface area contributed by atoms with E-state index in [0.29, 0.717) is 17.8 Å². The standard InChI is InChI=1S/C26H18F8N6O2/c27-17-2-1-3-19(22(17)28)40-9-7-20-24(37-40)36-12-39(20)8-6-15(23(35)41)21-11-18(38-42-21)14-5-4-13(25(29,30)31)10-16(14)26(32,33)34/h1-5,7,9-12,15,37H,6,8H2,(H2,35,41). The number of nitrogens with two attached hydrogens (primary N) is 1. The largest absolute Gasteiger partial charge is 0.417 e. The normalized spacial score (nSPS) is 14.0. The van der Waals surface area contributed by atoms with Gasteiger partial charge in [0.15, 0.2) is 17.5 Å². The summed E-state index contributed by atoms with van der Waals surface area (Å²) >= 11 is 0. The Kier molecular flexibility index (Phi) is 7.16. The Morgan fingerprint density at radius 3 is 2.50 bits per heavy atom. The van der Waals surface area contributed by atoms with Crippen LogP contribution in [0.5, 0.6) is 0 Å². The minimum absolute atomic E-state index is 0.0250. The molecule has 3 N–H and O–H groups in total. The van der Waals surface area contributed by atoms with Crippen molar-refractivity contribution in [3.05, 3.63) is 89.2 Å². The van der Waals surface area contributed by atoms with E-state index in [1.807, 2.05) is 0 Å². The van der Waals surface area contributed by atoms with E-state index in [9.17, 15) is 39.9 Å². The van der Waals surface area contributed by atoms with Gasteiger partial charge in [0, 0.05) is 24.4 Å². The van der Waals surface area contributed by atoms with Crippen molar-refractivity contribution in [3.63, 3.8) is 0 Å². The Hall–Kier alpha value is -4.89. The molecule has 1 aliphatic heterocycles. The highest BCUT2D eigenvalue weighted by Crippen LogP contribution is 2.41. The molecule has 0 radical (unpaired) electrons. The SMILES string of the molecule is NC(=O)C(CCn1cnc2c1C=CN(c1cccc(F)c1F)N2)c1cc(-c2ccc(C(F)(F)F)cc2C(F)(F)F)no1. The van der Waals surface area contributed by atoms with Crippen molar-refractivity contribution in [2.45, 2.75) is 31.2 Å². The molecule has 16 heteroatoms. The lowest BCUT2D eigenvalue weighted by Crippen LogP contribution is -2.28. The number of nitrogens with one attached hydrogen (secondary N) is 1. The monoisotopic (exact) mass is 598 g/mol. The van der Waals surface area contributed by atoms with Crippen LogP contribution in [0, 0.1) is 11.6 Å². The van der Waals surface area contributed by atoms with Crippen LogP contribution >= 0.6 is 0 Å². The van der Waals surface area contributed by atoms with Crippen molar-refractivity contribution in [3.8, 4) is 11.3 Å². The van der Waals surface area contributed by atoms with E-state index >= 15 is 0 Å². The number of carbonyl (C=O) groups excluding carboxylic acids is 1. The van der Waals surface area contributed by atoms with Gasteiger partial charge in [-0.1, -0.05) is 17.3 Å². The molecule has 5 rings (SSSR count). The van der Waals surface area contributed by atoms with Gasteiger partial charge in [-0.05, 0) is 36.8 Å². The Bertz CT molecular complexity index is 1670. The van der Waals surface area contributed by atoms with E-state index < -0.39 is 58.2 Å². The van der Waals surface area contributed by atoms with Gasteiger partial charge in [0.25, 0.3) is 0 Å². The molecule has 8 nitrogen and oxygen atoms in total. The predicted octanol–water partition coefficient (Wildman–Crippen LogP) is 6.33. The molecule has 4 aromatic rings. The number of primary amides is 1. The fraction of sp³-hybridized carbons (Fsp3) is 0.192. The van der Waals surface area contributed by atoms with Gasteiger partial charge in [-0.2, -0.15) is 26.3 Å². The van der Waals surface area contributed by atoms with E-state index in [1.54, 1.807) is 10.6 Å². The number of imidazole rings is 1. The van der Waals surface area contributed by atoms with Gasteiger partial charge in [0.2, 0.25) is 5.91 Å². The highest BCUT2D eigenvalue weighted by atomic mass is 19.4. The van der Waals surface area contributed by atoms with Crippen LogP contribution in [-0.4, -0.2) is 20.6 Å². The number of alkyl halides is 6. The van der Waals surface area contributed by atoms with Crippen molar-refractivity contribution < 1.29 is 44.4 Å². The minimum atomic E-state index is -5.14. The maximum atomic E-state index is 14.2. The molecule has 0 aliphatic carbocycles. The van der Waals surface area contributed by atoms with Gasteiger partial charge in [-0.3, -0.25) is 15.2 Å². The maximum absolute atomic E-state index is 14.2. The second-order valence-corrected chi connectivity index (χ2v) is 9.16. The maximum Gasteiger partial charge on any atom is 0.417 e. The van der Waals surface area contributed by atoms with Gasteiger partial charge < -0.3 is 14.8 Å². The predicted molar refractivity (Wildman–Crippen MR) is 132 cm³/mol. The second kappa shape index (κ2) is 10.5. The van der Waals surface area contributed by atoms with E-state index in [-0.39, 0.29) is 36.3 Å². The first kappa shape index (κ1) is 28.6. The van der Waals surface area contributed by atoms with E-state index in [4.69, 9.17) is 10.3 Å². The lowest BCUT2D eigenvalue weighted by molar-refractivity contribution is -0.142. The number of hydrogen-bond donors (Lipinski definition) is 2. The van der Waals surface area contributed by atoms with Crippen LogP contribution in [0.15, 0.2) is 59.5 Å². The summed E-state index contributed by atoms with van der Waals surface area (Å²) in [6.45, 7) is 0.0976. The number of anilines is 2. The molecule has 0 saturated heterocycles. The third-order valence-corrected chi connectivity index (χ3v) is 6.48. The Labute approximate surface area is 231 Å². The van der Waals surface area contributed by atoms with Crippen molar-refractivity contribution >= 4 is 23.5 Å². The van der Waals surface area contributed by atoms with Crippen molar-refractivity contribution in [1.82, 2.24) is 14.7 Å². The number of fused-ring (bicyclic) bond motifs is 1. The zero-order valence-electron chi connectivity index (χ0n) is 21.0. The summed E-state index contributed by atoms with van der Waals surface area (Å²) in [5, 5.41) is 4.77. The number of benzene rings is 2. The third kappa shape index (κ3) is 5.51. The van der Waals surface area contributed by atoms with Crippen LogP contribution < -0.4 is 16.2 Å². The van der Waals surface area contributed by atoms with E-state index in [2.05, 4.69) is 15.6 Å². The molecule has 2 aromatic carbocycles. The molecule has 0 fully saturated rings. The average molecular weight is 598 g/mol. The molecular weight excluding hydrogens is 580 g/mol. The quantitative estimate of drug-likeness (QED) is 0.241. The first-order valence-corrected chi connectivity index (χ1v) is 12.0. The Balaban J connectivity index is 1.36. The number of aryl methyl sites for hydroxylation is 1. The average Bonchev–Trinajstić information content (AvgIpc) is 3.56. The lowest BCUT2D eigenvalue weighted by atomic mass is 9.97. The molecular formula is C26H18F8N6O2. The van der Waals surface area contributed by atoms with E-state index in [0.717, 1.165) is 12.1 Å². The molecule has 1 unspecified atom stereocenters. The molecule has 0 saturated carbocycles.